The SMILES string of the molecule is CNC1CCN(c2n[nH]c(CC3(OC)CCC3)n2)CC1. The van der Waals surface area contributed by atoms with Crippen LogP contribution in [0.1, 0.15) is 37.9 Å². The number of hydrogen-bond donors (Lipinski definition) is 2. The molecular weight excluding hydrogens is 254 g/mol. The van der Waals surface area contributed by atoms with Gasteiger partial charge in [0.15, 0.2) is 0 Å². The summed E-state index contributed by atoms with van der Waals surface area (Å²) in [5, 5.41) is 10.8. The van der Waals surface area contributed by atoms with Crippen molar-refractivity contribution in [3.8, 4) is 0 Å². The third kappa shape index (κ3) is 2.67. The summed E-state index contributed by atoms with van der Waals surface area (Å²) in [5.41, 5.74) is 0.00985. The van der Waals surface area contributed by atoms with E-state index in [4.69, 9.17) is 4.74 Å². The minimum atomic E-state index is 0.00985. The van der Waals surface area contributed by atoms with Crippen LogP contribution >= 0.6 is 0 Å². The normalized spacial score (nSPS) is 22.8. The van der Waals surface area contributed by atoms with Crippen molar-refractivity contribution in [2.45, 2.75) is 50.2 Å². The Morgan fingerprint density at radius 3 is 2.70 bits per heavy atom. The molecule has 6 nitrogen and oxygen atoms in total. The molecule has 1 aromatic heterocycles. The first-order valence-electron chi connectivity index (χ1n) is 7.63. The van der Waals surface area contributed by atoms with Gasteiger partial charge in [0.2, 0.25) is 5.95 Å². The third-order valence-corrected chi connectivity index (χ3v) is 4.89. The first kappa shape index (κ1) is 13.8. The van der Waals surface area contributed by atoms with Crippen molar-refractivity contribution in [3.63, 3.8) is 0 Å². The molecule has 6 heteroatoms. The van der Waals surface area contributed by atoms with Gasteiger partial charge in [-0.2, -0.15) is 4.98 Å². The van der Waals surface area contributed by atoms with Crippen molar-refractivity contribution in [3.05, 3.63) is 5.82 Å². The highest BCUT2D eigenvalue weighted by atomic mass is 16.5. The van der Waals surface area contributed by atoms with E-state index in [1.807, 2.05) is 7.05 Å². The van der Waals surface area contributed by atoms with Crippen LogP contribution in [0.15, 0.2) is 0 Å². The van der Waals surface area contributed by atoms with Crippen LogP contribution in [0.2, 0.25) is 0 Å². The van der Waals surface area contributed by atoms with Gasteiger partial charge in [-0.15, -0.1) is 5.10 Å². The molecule has 112 valence electrons. The number of nitrogens with one attached hydrogen (secondary N) is 2. The lowest BCUT2D eigenvalue weighted by atomic mass is 9.77. The zero-order valence-corrected chi connectivity index (χ0v) is 12.5. The highest BCUT2D eigenvalue weighted by Gasteiger charge is 2.38. The molecule has 0 aromatic carbocycles. The molecule has 0 amide bonds. The second-order valence-electron chi connectivity index (χ2n) is 6.05. The van der Waals surface area contributed by atoms with Crippen LogP contribution < -0.4 is 10.2 Å². The standard InChI is InChI=1S/C14H25N5O/c1-15-11-4-8-19(9-5-11)13-16-12(17-18-13)10-14(20-2)6-3-7-14/h11,15H,3-10H2,1-2H3,(H,16,17,18). The van der Waals surface area contributed by atoms with Crippen LogP contribution in [0, 0.1) is 0 Å². The molecule has 1 aliphatic carbocycles. The predicted molar refractivity (Wildman–Crippen MR) is 78.0 cm³/mol. The molecule has 20 heavy (non-hydrogen) atoms. The summed E-state index contributed by atoms with van der Waals surface area (Å²) in [7, 11) is 3.84. The van der Waals surface area contributed by atoms with Gasteiger partial charge in [0.25, 0.3) is 0 Å². The molecule has 1 saturated heterocycles. The monoisotopic (exact) mass is 279 g/mol. The van der Waals surface area contributed by atoms with Gasteiger partial charge in [-0.3, -0.25) is 5.10 Å². The molecule has 2 aliphatic rings. The van der Waals surface area contributed by atoms with Crippen LogP contribution in [-0.4, -0.2) is 54.1 Å². The van der Waals surface area contributed by atoms with Crippen LogP contribution in [0.4, 0.5) is 5.95 Å². The average Bonchev–Trinajstić information content (AvgIpc) is 2.91. The van der Waals surface area contributed by atoms with Crippen LogP contribution in [0.25, 0.3) is 0 Å². The van der Waals surface area contributed by atoms with Gasteiger partial charge < -0.3 is 15.0 Å². The zero-order chi connectivity index (χ0) is 14.0. The molecule has 3 rings (SSSR count). The number of anilines is 1. The van der Waals surface area contributed by atoms with Gasteiger partial charge in [-0.1, -0.05) is 0 Å². The maximum absolute atomic E-state index is 5.65. The van der Waals surface area contributed by atoms with E-state index in [1.165, 1.54) is 6.42 Å². The molecule has 0 atom stereocenters. The second-order valence-corrected chi connectivity index (χ2v) is 6.05. The van der Waals surface area contributed by atoms with E-state index in [0.717, 1.165) is 57.0 Å². The number of ether oxygens (including phenoxy) is 1. The average molecular weight is 279 g/mol. The number of hydrogen-bond acceptors (Lipinski definition) is 5. The third-order valence-electron chi connectivity index (χ3n) is 4.89. The maximum atomic E-state index is 5.65. The summed E-state index contributed by atoms with van der Waals surface area (Å²) >= 11 is 0. The van der Waals surface area contributed by atoms with Crippen LogP contribution in [0.5, 0.6) is 0 Å². The lowest BCUT2D eigenvalue weighted by Gasteiger charge is -2.39. The predicted octanol–water partition coefficient (Wildman–Crippen LogP) is 1.10. The summed E-state index contributed by atoms with van der Waals surface area (Å²) in [6, 6.07) is 0.636. The minimum Gasteiger partial charge on any atom is -0.378 e. The second kappa shape index (κ2) is 5.69. The Balaban J connectivity index is 1.59. The quantitative estimate of drug-likeness (QED) is 0.845. The van der Waals surface area contributed by atoms with Crippen molar-refractivity contribution in [1.29, 1.82) is 0 Å². The van der Waals surface area contributed by atoms with E-state index >= 15 is 0 Å². The van der Waals surface area contributed by atoms with Gasteiger partial charge in [-0.25, -0.2) is 0 Å². The van der Waals surface area contributed by atoms with E-state index < -0.39 is 0 Å². The van der Waals surface area contributed by atoms with E-state index in [1.54, 1.807) is 7.11 Å². The number of aromatic amines is 1. The van der Waals surface area contributed by atoms with Crippen molar-refractivity contribution < 1.29 is 4.74 Å². The van der Waals surface area contributed by atoms with E-state index in [0.29, 0.717) is 6.04 Å². The summed E-state index contributed by atoms with van der Waals surface area (Å²) in [5.74, 6) is 1.80. The van der Waals surface area contributed by atoms with Crippen molar-refractivity contribution >= 4 is 5.95 Å². The Bertz CT molecular complexity index is 429. The van der Waals surface area contributed by atoms with Crippen molar-refractivity contribution in [2.75, 3.05) is 32.1 Å². The Morgan fingerprint density at radius 1 is 1.40 bits per heavy atom. The zero-order valence-electron chi connectivity index (χ0n) is 12.5. The number of H-pyrrole nitrogens is 1. The van der Waals surface area contributed by atoms with E-state index in [-0.39, 0.29) is 5.60 Å². The van der Waals surface area contributed by atoms with Crippen LogP contribution in [-0.2, 0) is 11.2 Å². The number of rotatable bonds is 5. The molecule has 0 radical (unpaired) electrons. The van der Waals surface area contributed by atoms with E-state index in [2.05, 4.69) is 25.4 Å². The Kier molecular flexibility index (Phi) is 3.94. The molecule has 1 aromatic rings. The van der Waals surface area contributed by atoms with Gasteiger partial charge in [0.1, 0.15) is 5.82 Å². The number of nitrogens with zero attached hydrogens (tertiary/aromatic N) is 3. The first-order valence-corrected chi connectivity index (χ1v) is 7.63. The Hall–Kier alpha value is -1.14. The number of aromatic nitrogens is 3. The first-order chi connectivity index (χ1) is 9.74. The minimum absolute atomic E-state index is 0.00985. The smallest absolute Gasteiger partial charge is 0.244 e. The summed E-state index contributed by atoms with van der Waals surface area (Å²) < 4.78 is 5.65. The largest absolute Gasteiger partial charge is 0.378 e. The Labute approximate surface area is 120 Å². The molecule has 2 heterocycles. The van der Waals surface area contributed by atoms with Crippen molar-refractivity contribution in [2.24, 2.45) is 0 Å². The summed E-state index contributed by atoms with van der Waals surface area (Å²) in [4.78, 5) is 6.93. The fourth-order valence-corrected chi connectivity index (χ4v) is 3.20. The fraction of sp³-hybridized carbons (Fsp3) is 0.857. The number of piperidine rings is 1. The molecule has 0 spiro atoms. The maximum Gasteiger partial charge on any atom is 0.244 e. The van der Waals surface area contributed by atoms with Gasteiger partial charge in [-0.05, 0) is 39.2 Å². The number of methoxy groups -OCH3 is 1. The molecule has 2 fully saturated rings. The summed E-state index contributed by atoms with van der Waals surface area (Å²) in [6.45, 7) is 2.05. The molecular formula is C14H25N5O. The summed E-state index contributed by atoms with van der Waals surface area (Å²) in [6.07, 6.45) is 6.68. The molecule has 1 aliphatic heterocycles. The van der Waals surface area contributed by atoms with Crippen LogP contribution in [0.3, 0.4) is 0 Å². The highest BCUT2D eigenvalue weighted by Crippen LogP contribution is 2.37. The van der Waals surface area contributed by atoms with E-state index in [9.17, 15) is 0 Å². The fourth-order valence-electron chi connectivity index (χ4n) is 3.20. The topological polar surface area (TPSA) is 66.1 Å². The van der Waals surface area contributed by atoms with Gasteiger partial charge >= 0.3 is 0 Å². The van der Waals surface area contributed by atoms with Crippen molar-refractivity contribution in [1.82, 2.24) is 20.5 Å². The van der Waals surface area contributed by atoms with Gasteiger partial charge in [0, 0.05) is 32.7 Å². The highest BCUT2D eigenvalue weighted by molar-refractivity contribution is 5.29. The molecule has 0 unspecified atom stereocenters. The molecule has 2 N–H and O–H groups in total. The molecule has 1 saturated carbocycles. The molecule has 0 bridgehead atoms. The Morgan fingerprint density at radius 2 is 2.15 bits per heavy atom. The van der Waals surface area contributed by atoms with Gasteiger partial charge in [0.05, 0.1) is 5.60 Å². The lowest BCUT2D eigenvalue weighted by molar-refractivity contribution is -0.0720. The lowest BCUT2D eigenvalue weighted by Crippen LogP contribution is -2.42.